The van der Waals surface area contributed by atoms with Crippen LogP contribution in [0.2, 0.25) is 0 Å². The van der Waals surface area contributed by atoms with E-state index in [4.69, 9.17) is 4.74 Å². The minimum atomic E-state index is -4.17. The molecule has 6 nitrogen and oxygen atoms in total. The first-order chi connectivity index (χ1) is 16.2. The number of carbonyl (C=O) groups excluding carboxylic acids is 1. The Kier molecular flexibility index (Phi) is 5.98. The molecule has 0 unspecified atom stereocenters. The topological polar surface area (TPSA) is 75.7 Å². The van der Waals surface area contributed by atoms with E-state index in [1.165, 1.54) is 0 Å². The lowest BCUT2D eigenvalue weighted by atomic mass is 9.91. The maximum atomic E-state index is 15.7. The standard InChI is InChI=1S/C25H28F2N2O4S/c1-16-4-2-5-17(12-16)19-7-3-6-18(22(19)27)13-20-23(28-34(31,32)15-26)25(9-10-25)14-29(20)24(30)21-8-11-33-21/h2-7,12,20-21,23,28H,8-11,13-15H2,1H3/t20-,21+,23+/m0/s1. The fourth-order valence-corrected chi connectivity index (χ4v) is 6.14. The van der Waals surface area contributed by atoms with Crippen LogP contribution in [-0.4, -0.2) is 56.6 Å². The fourth-order valence-electron chi connectivity index (χ4n) is 5.28. The molecular weight excluding hydrogens is 462 g/mol. The van der Waals surface area contributed by atoms with Crippen LogP contribution in [-0.2, 0) is 26.0 Å². The lowest BCUT2D eigenvalue weighted by Crippen LogP contribution is -2.53. The molecule has 2 aromatic carbocycles. The molecule has 2 heterocycles. The van der Waals surface area contributed by atoms with E-state index >= 15 is 4.39 Å². The van der Waals surface area contributed by atoms with E-state index in [0.717, 1.165) is 24.0 Å². The summed E-state index contributed by atoms with van der Waals surface area (Å²) in [5, 5.41) is 0. The number of benzene rings is 2. The van der Waals surface area contributed by atoms with E-state index in [1.54, 1.807) is 23.1 Å². The van der Waals surface area contributed by atoms with Gasteiger partial charge in [0.15, 0.2) is 0 Å². The normalized spacial score (nSPS) is 25.4. The van der Waals surface area contributed by atoms with Crippen molar-refractivity contribution >= 4 is 15.9 Å². The molecule has 0 radical (unpaired) electrons. The molecule has 1 spiro atoms. The Morgan fingerprint density at radius 1 is 1.24 bits per heavy atom. The number of rotatable bonds is 7. The van der Waals surface area contributed by atoms with Crippen molar-refractivity contribution in [3.8, 4) is 11.1 Å². The van der Waals surface area contributed by atoms with Gasteiger partial charge in [0.05, 0.1) is 12.6 Å². The molecule has 1 amide bonds. The first-order valence-corrected chi connectivity index (χ1v) is 13.2. The summed E-state index contributed by atoms with van der Waals surface area (Å²) < 4.78 is 61.2. The molecule has 2 aliphatic heterocycles. The predicted molar refractivity (Wildman–Crippen MR) is 124 cm³/mol. The third-order valence-corrected chi connectivity index (χ3v) is 8.27. The summed E-state index contributed by atoms with van der Waals surface area (Å²) in [6.07, 6.45) is 1.62. The average Bonchev–Trinajstić information content (AvgIpc) is 3.49. The van der Waals surface area contributed by atoms with Gasteiger partial charge in [-0.3, -0.25) is 4.79 Å². The Bertz CT molecular complexity index is 1210. The van der Waals surface area contributed by atoms with Gasteiger partial charge in [0.25, 0.3) is 5.91 Å². The van der Waals surface area contributed by atoms with E-state index in [-0.39, 0.29) is 12.3 Å². The third kappa shape index (κ3) is 4.25. The second kappa shape index (κ2) is 8.70. The van der Waals surface area contributed by atoms with Crippen LogP contribution < -0.4 is 4.72 Å². The largest absolute Gasteiger partial charge is 0.368 e. The second-order valence-corrected chi connectivity index (χ2v) is 11.4. The van der Waals surface area contributed by atoms with Crippen LogP contribution in [0.5, 0.6) is 0 Å². The molecule has 34 heavy (non-hydrogen) atoms. The molecule has 1 saturated carbocycles. The number of alkyl halides is 1. The van der Waals surface area contributed by atoms with Crippen LogP contribution in [0, 0.1) is 18.2 Å². The van der Waals surface area contributed by atoms with Gasteiger partial charge < -0.3 is 9.64 Å². The van der Waals surface area contributed by atoms with Crippen LogP contribution in [0.4, 0.5) is 8.78 Å². The maximum Gasteiger partial charge on any atom is 0.252 e. The van der Waals surface area contributed by atoms with Crippen molar-refractivity contribution in [2.75, 3.05) is 19.2 Å². The Morgan fingerprint density at radius 3 is 2.59 bits per heavy atom. The van der Waals surface area contributed by atoms with E-state index in [2.05, 4.69) is 4.72 Å². The van der Waals surface area contributed by atoms with Crippen LogP contribution in [0.3, 0.4) is 0 Å². The molecule has 3 fully saturated rings. The highest BCUT2D eigenvalue weighted by Crippen LogP contribution is 2.56. The molecule has 182 valence electrons. The van der Waals surface area contributed by atoms with E-state index in [1.807, 2.05) is 31.2 Å². The monoisotopic (exact) mass is 490 g/mol. The van der Waals surface area contributed by atoms with E-state index in [0.29, 0.717) is 30.7 Å². The number of ether oxygens (including phenoxy) is 1. The molecule has 1 N–H and O–H groups in total. The van der Waals surface area contributed by atoms with E-state index in [9.17, 15) is 17.6 Å². The van der Waals surface area contributed by atoms with Crippen molar-refractivity contribution in [1.82, 2.24) is 9.62 Å². The Morgan fingerprint density at radius 2 is 1.97 bits per heavy atom. The van der Waals surface area contributed by atoms with Crippen molar-refractivity contribution < 1.29 is 26.7 Å². The Balaban J connectivity index is 1.51. The van der Waals surface area contributed by atoms with Crippen molar-refractivity contribution in [3.05, 3.63) is 59.4 Å². The smallest absolute Gasteiger partial charge is 0.252 e. The molecule has 3 aliphatic rings. The van der Waals surface area contributed by atoms with Gasteiger partial charge in [-0.15, -0.1) is 0 Å². The van der Waals surface area contributed by atoms with Gasteiger partial charge >= 0.3 is 0 Å². The molecule has 2 saturated heterocycles. The van der Waals surface area contributed by atoms with Gasteiger partial charge in [-0.2, -0.15) is 0 Å². The number of likely N-dealkylation sites (tertiary alicyclic amines) is 1. The first kappa shape index (κ1) is 23.4. The van der Waals surface area contributed by atoms with Gasteiger partial charge in [-0.05, 0) is 37.3 Å². The molecule has 3 atom stereocenters. The average molecular weight is 491 g/mol. The summed E-state index contributed by atoms with van der Waals surface area (Å²) in [5.74, 6) is -0.607. The molecule has 9 heteroatoms. The van der Waals surface area contributed by atoms with Gasteiger partial charge in [-0.25, -0.2) is 21.9 Å². The number of sulfonamides is 1. The zero-order chi connectivity index (χ0) is 24.1. The number of carbonyl (C=O) groups is 1. The zero-order valence-corrected chi connectivity index (χ0v) is 19.8. The van der Waals surface area contributed by atoms with Crippen LogP contribution in [0.1, 0.15) is 30.4 Å². The third-order valence-electron chi connectivity index (χ3n) is 7.37. The maximum absolute atomic E-state index is 15.7. The van der Waals surface area contributed by atoms with Crippen molar-refractivity contribution in [2.45, 2.75) is 50.8 Å². The number of aryl methyl sites for hydroxylation is 1. The SMILES string of the molecule is Cc1cccc(-c2cccc(C[C@H]3[C@@H](NS(=O)(=O)CF)C4(CC4)CN3C(=O)[C@H]3CCO3)c2F)c1. The lowest BCUT2D eigenvalue weighted by molar-refractivity contribution is -0.157. The second-order valence-electron chi connectivity index (χ2n) is 9.72. The summed E-state index contributed by atoms with van der Waals surface area (Å²) in [6.45, 7) is 2.80. The van der Waals surface area contributed by atoms with E-state index < -0.39 is 45.4 Å². The number of hydrogen-bond acceptors (Lipinski definition) is 4. The van der Waals surface area contributed by atoms with Crippen LogP contribution in [0.25, 0.3) is 11.1 Å². The molecule has 5 rings (SSSR count). The number of nitrogens with zero attached hydrogens (tertiary/aromatic N) is 1. The summed E-state index contributed by atoms with van der Waals surface area (Å²) in [6, 6.07) is 9.82. The zero-order valence-electron chi connectivity index (χ0n) is 19.0. The summed E-state index contributed by atoms with van der Waals surface area (Å²) >= 11 is 0. The molecule has 1 aliphatic carbocycles. The molecule has 0 bridgehead atoms. The molecule has 2 aromatic rings. The summed E-state index contributed by atoms with van der Waals surface area (Å²) in [7, 11) is -4.17. The minimum absolute atomic E-state index is 0.116. The summed E-state index contributed by atoms with van der Waals surface area (Å²) in [5.41, 5.74) is 2.14. The highest BCUT2D eigenvalue weighted by molar-refractivity contribution is 7.89. The minimum Gasteiger partial charge on any atom is -0.368 e. The highest BCUT2D eigenvalue weighted by atomic mass is 32.2. The first-order valence-electron chi connectivity index (χ1n) is 11.6. The van der Waals surface area contributed by atoms with Crippen molar-refractivity contribution in [2.24, 2.45) is 5.41 Å². The van der Waals surface area contributed by atoms with Gasteiger partial charge in [0, 0.05) is 30.0 Å². The van der Waals surface area contributed by atoms with Gasteiger partial charge in [0.2, 0.25) is 16.0 Å². The van der Waals surface area contributed by atoms with Crippen molar-refractivity contribution in [1.29, 1.82) is 0 Å². The Labute approximate surface area is 198 Å². The van der Waals surface area contributed by atoms with Crippen LogP contribution >= 0.6 is 0 Å². The van der Waals surface area contributed by atoms with Crippen molar-refractivity contribution in [3.63, 3.8) is 0 Å². The molecular formula is C25H28F2N2O4S. The quantitative estimate of drug-likeness (QED) is 0.646. The van der Waals surface area contributed by atoms with Crippen LogP contribution in [0.15, 0.2) is 42.5 Å². The number of amides is 1. The molecule has 0 aromatic heterocycles. The highest BCUT2D eigenvalue weighted by Gasteiger charge is 2.62. The van der Waals surface area contributed by atoms with Gasteiger partial charge in [0.1, 0.15) is 11.9 Å². The Hall–Kier alpha value is -2.36. The number of halogens is 2. The fraction of sp³-hybridized carbons (Fsp3) is 0.480. The lowest BCUT2D eigenvalue weighted by Gasteiger charge is -2.34. The number of nitrogens with one attached hydrogen (secondary N) is 1. The predicted octanol–water partition coefficient (Wildman–Crippen LogP) is 3.34. The van der Waals surface area contributed by atoms with Gasteiger partial charge in [-0.1, -0.05) is 48.0 Å². The summed E-state index contributed by atoms with van der Waals surface area (Å²) in [4.78, 5) is 14.8. The number of hydrogen-bond donors (Lipinski definition) is 1.